The van der Waals surface area contributed by atoms with E-state index in [2.05, 4.69) is 39.5 Å². The lowest BCUT2D eigenvalue weighted by atomic mass is 10.2. The second-order valence-corrected chi connectivity index (χ2v) is 6.99. The van der Waals surface area contributed by atoms with E-state index in [1.165, 1.54) is 11.0 Å². The van der Waals surface area contributed by atoms with Crippen molar-refractivity contribution in [1.29, 1.82) is 0 Å². The zero-order valence-corrected chi connectivity index (χ0v) is 16.4. The molecule has 0 aliphatic carbocycles. The van der Waals surface area contributed by atoms with E-state index >= 15 is 0 Å². The molecule has 9 heteroatoms. The van der Waals surface area contributed by atoms with Crippen molar-refractivity contribution in [3.63, 3.8) is 0 Å². The molecular weight excluding hydrogens is 380 g/mol. The van der Waals surface area contributed by atoms with E-state index in [4.69, 9.17) is 20.9 Å². The predicted molar refractivity (Wildman–Crippen MR) is 99.7 cm³/mol. The van der Waals surface area contributed by atoms with Crippen molar-refractivity contribution < 1.29 is 26.5 Å². The molecular formula is C17H20ClN2O5S+. The minimum absolute atomic E-state index is 0.700. The fourth-order valence-corrected chi connectivity index (χ4v) is 2.87. The van der Waals surface area contributed by atoms with Crippen LogP contribution in [0.25, 0.3) is 22.4 Å². The molecule has 0 aliphatic rings. The van der Waals surface area contributed by atoms with Gasteiger partial charge in [0.2, 0.25) is 0 Å². The van der Waals surface area contributed by atoms with Crippen LogP contribution in [0.1, 0.15) is 0 Å². The molecule has 0 unspecified atom stereocenters. The third-order valence-corrected chi connectivity index (χ3v) is 4.51. The minimum atomic E-state index is -4.16. The summed E-state index contributed by atoms with van der Waals surface area (Å²) in [6.45, 7) is 0. The molecule has 2 aromatic carbocycles. The van der Waals surface area contributed by atoms with Crippen LogP contribution in [-0.2, 0) is 28.7 Å². The molecule has 3 aromatic rings. The van der Waals surface area contributed by atoms with Crippen molar-refractivity contribution in [3.8, 4) is 17.1 Å². The minimum Gasteiger partial charge on any atom is -0.496 e. The number of hydrogen-bond donors (Lipinski definition) is 1. The highest BCUT2D eigenvalue weighted by atomic mass is 35.5. The van der Waals surface area contributed by atoms with Crippen LogP contribution in [0.15, 0.2) is 42.5 Å². The molecule has 0 saturated heterocycles. The van der Waals surface area contributed by atoms with Crippen LogP contribution in [0.4, 0.5) is 0 Å². The molecule has 0 atom stereocenters. The molecule has 0 radical (unpaired) electrons. The Labute approximate surface area is 157 Å². The van der Waals surface area contributed by atoms with Gasteiger partial charge in [0.1, 0.15) is 11.3 Å². The molecule has 1 aromatic heterocycles. The first-order valence-electron chi connectivity index (χ1n) is 7.50. The number of para-hydroxylation sites is 2. The number of rotatable bonds is 3. The molecule has 0 amide bonds. The lowest BCUT2D eigenvalue weighted by molar-refractivity contribution is -0.634. The van der Waals surface area contributed by atoms with E-state index in [1.807, 2.05) is 30.3 Å². The zero-order chi connectivity index (χ0) is 19.5. The predicted octanol–water partition coefficient (Wildman–Crippen LogP) is 2.77. The summed E-state index contributed by atoms with van der Waals surface area (Å²) < 4.78 is 39.5. The van der Waals surface area contributed by atoms with Crippen LogP contribution < -0.4 is 9.30 Å². The average Bonchev–Trinajstić information content (AvgIpc) is 2.86. The summed E-state index contributed by atoms with van der Waals surface area (Å²) in [6.07, 6.45) is 0. The number of fused-ring (bicyclic) bond motifs is 1. The molecule has 1 N–H and O–H groups in total. The molecule has 0 saturated carbocycles. The number of ether oxygens (including phenoxy) is 1. The van der Waals surface area contributed by atoms with Crippen molar-refractivity contribution in [1.82, 2.24) is 4.57 Å². The van der Waals surface area contributed by atoms with Gasteiger partial charge in [-0.25, -0.2) is 9.13 Å². The molecule has 0 aliphatic heterocycles. The fourth-order valence-electron chi connectivity index (χ4n) is 2.70. The number of nitrogens with zero attached hydrogens (tertiary/aromatic N) is 2. The van der Waals surface area contributed by atoms with Gasteiger partial charge in [-0.1, -0.05) is 23.7 Å². The Morgan fingerprint density at radius 1 is 1.15 bits per heavy atom. The highest BCUT2D eigenvalue weighted by molar-refractivity contribution is 7.80. The van der Waals surface area contributed by atoms with E-state index in [-0.39, 0.29) is 0 Å². The summed E-state index contributed by atoms with van der Waals surface area (Å²) in [5, 5.41) is 0.700. The topological polar surface area (TPSA) is 81.6 Å². The monoisotopic (exact) mass is 399 g/mol. The first-order valence-corrected chi connectivity index (χ1v) is 9.24. The van der Waals surface area contributed by atoms with Gasteiger partial charge in [-0.05, 0) is 30.3 Å². The lowest BCUT2D eigenvalue weighted by Crippen LogP contribution is -2.30. The number of imidazole rings is 1. The lowest BCUT2D eigenvalue weighted by Gasteiger charge is -2.06. The van der Waals surface area contributed by atoms with Gasteiger partial charge in [-0.2, -0.15) is 8.42 Å². The Kier molecular flexibility index (Phi) is 6.25. The van der Waals surface area contributed by atoms with Gasteiger partial charge in [-0.3, -0.25) is 8.74 Å². The van der Waals surface area contributed by atoms with E-state index < -0.39 is 10.4 Å². The molecule has 3 rings (SSSR count). The van der Waals surface area contributed by atoms with Crippen molar-refractivity contribution in [3.05, 3.63) is 47.5 Å². The highest BCUT2D eigenvalue weighted by Gasteiger charge is 2.24. The summed E-state index contributed by atoms with van der Waals surface area (Å²) in [4.78, 5) is 0. The molecule has 0 bridgehead atoms. The second-order valence-electron chi connectivity index (χ2n) is 5.37. The van der Waals surface area contributed by atoms with Crippen LogP contribution >= 0.6 is 11.6 Å². The summed E-state index contributed by atoms with van der Waals surface area (Å²) in [5.41, 5.74) is 3.33. The number of aryl methyl sites for hydroxylation is 2. The van der Waals surface area contributed by atoms with E-state index in [0.29, 0.717) is 5.02 Å². The average molecular weight is 400 g/mol. The SMILES string of the molecule is COS(=O)(=O)O.COc1ccc(Cl)cc1-c1n(C)c2ccccc2[n+]1C. The van der Waals surface area contributed by atoms with E-state index in [0.717, 1.165) is 24.2 Å². The Morgan fingerprint density at radius 3 is 2.31 bits per heavy atom. The van der Waals surface area contributed by atoms with E-state index in [9.17, 15) is 8.42 Å². The normalized spacial score (nSPS) is 11.2. The Morgan fingerprint density at radius 2 is 1.77 bits per heavy atom. The summed E-state index contributed by atoms with van der Waals surface area (Å²) in [6, 6.07) is 14.0. The quantitative estimate of drug-likeness (QED) is 0.541. The maximum atomic E-state index is 9.33. The zero-order valence-electron chi connectivity index (χ0n) is 14.8. The first kappa shape index (κ1) is 20.2. The van der Waals surface area contributed by atoms with Gasteiger partial charge in [0.15, 0.2) is 11.0 Å². The smallest absolute Gasteiger partial charge is 0.397 e. The first-order chi connectivity index (χ1) is 12.2. The van der Waals surface area contributed by atoms with Crippen LogP contribution in [0, 0.1) is 0 Å². The molecule has 0 spiro atoms. The number of benzene rings is 2. The van der Waals surface area contributed by atoms with Gasteiger partial charge < -0.3 is 4.74 Å². The van der Waals surface area contributed by atoms with Crippen molar-refractivity contribution in [2.45, 2.75) is 0 Å². The summed E-state index contributed by atoms with van der Waals surface area (Å²) in [7, 11) is 2.49. The van der Waals surface area contributed by atoms with Gasteiger partial charge in [-0.15, -0.1) is 0 Å². The Bertz CT molecular complexity index is 992. The van der Waals surface area contributed by atoms with Crippen molar-refractivity contribution in [2.24, 2.45) is 14.1 Å². The highest BCUT2D eigenvalue weighted by Crippen LogP contribution is 2.32. The maximum absolute atomic E-state index is 9.33. The van der Waals surface area contributed by atoms with Gasteiger partial charge in [0, 0.05) is 5.02 Å². The molecule has 140 valence electrons. The van der Waals surface area contributed by atoms with Crippen molar-refractivity contribution in [2.75, 3.05) is 14.2 Å². The van der Waals surface area contributed by atoms with E-state index in [1.54, 1.807) is 7.11 Å². The maximum Gasteiger partial charge on any atom is 0.397 e. The second kappa shape index (κ2) is 8.05. The van der Waals surface area contributed by atoms with Crippen LogP contribution in [-0.4, -0.2) is 31.8 Å². The van der Waals surface area contributed by atoms with Crippen LogP contribution in [0.5, 0.6) is 5.75 Å². The number of halogens is 1. The van der Waals surface area contributed by atoms with Crippen LogP contribution in [0.2, 0.25) is 5.02 Å². The third kappa shape index (κ3) is 4.34. The largest absolute Gasteiger partial charge is 0.496 e. The van der Waals surface area contributed by atoms with Crippen LogP contribution in [0.3, 0.4) is 0 Å². The summed E-state index contributed by atoms with van der Waals surface area (Å²) in [5.74, 6) is 1.88. The molecule has 7 nitrogen and oxygen atoms in total. The number of methoxy groups -OCH3 is 1. The third-order valence-electron chi connectivity index (χ3n) is 3.85. The molecule has 1 heterocycles. The molecule has 0 fully saturated rings. The molecule has 26 heavy (non-hydrogen) atoms. The van der Waals surface area contributed by atoms with Crippen molar-refractivity contribution >= 4 is 33.0 Å². The number of hydrogen-bond acceptors (Lipinski definition) is 4. The van der Waals surface area contributed by atoms with Gasteiger partial charge in [0.05, 0.1) is 28.3 Å². The Hall–Kier alpha value is -2.13. The Balaban J connectivity index is 0.000000352. The fraction of sp³-hybridized carbons (Fsp3) is 0.235. The van der Waals surface area contributed by atoms with Gasteiger partial charge in [0.25, 0.3) is 5.82 Å². The van der Waals surface area contributed by atoms with Gasteiger partial charge >= 0.3 is 10.4 Å². The standard InChI is InChI=1S/C16H16ClN2O.CH4O4S/c1-18-13-6-4-5-7-14(13)19(2)16(18)12-10-11(17)8-9-15(12)20-3;1-5-6(2,3)4/h4-10H,1-3H3;1H3,(H,2,3,4)/q+1;. The summed E-state index contributed by atoms with van der Waals surface area (Å²) >= 11 is 6.15. The number of aromatic nitrogens is 2.